The molecule has 0 radical (unpaired) electrons. The Balaban J connectivity index is 2.21. The number of hydrogen-bond acceptors (Lipinski definition) is 3. The molecule has 0 bridgehead atoms. The predicted octanol–water partition coefficient (Wildman–Crippen LogP) is 2.78. The van der Waals surface area contributed by atoms with Crippen molar-refractivity contribution in [2.24, 2.45) is 5.73 Å². The van der Waals surface area contributed by atoms with Crippen molar-refractivity contribution < 1.29 is 9.13 Å². The van der Waals surface area contributed by atoms with E-state index in [4.69, 9.17) is 10.5 Å². The minimum atomic E-state index is -0.354. The molecule has 0 spiro atoms. The second-order valence-electron chi connectivity index (χ2n) is 4.50. The second-order valence-corrected chi connectivity index (χ2v) is 4.50. The summed E-state index contributed by atoms with van der Waals surface area (Å²) in [5.74, 6) is -0.116. The highest BCUT2D eigenvalue weighted by Gasteiger charge is 2.14. The summed E-state index contributed by atoms with van der Waals surface area (Å²) in [5.41, 5.74) is 8.48. The fourth-order valence-electron chi connectivity index (χ4n) is 1.98. The van der Waals surface area contributed by atoms with Gasteiger partial charge in [-0.15, -0.1) is 0 Å². The van der Waals surface area contributed by atoms with Crippen molar-refractivity contribution in [3.05, 3.63) is 59.2 Å². The van der Waals surface area contributed by atoms with Crippen molar-refractivity contribution in [1.29, 1.82) is 0 Å². The summed E-state index contributed by atoms with van der Waals surface area (Å²) in [6, 6.07) is 8.56. The summed E-state index contributed by atoms with van der Waals surface area (Å²) in [4.78, 5) is 4.23. The number of nitrogens with zero attached hydrogens (tertiary/aromatic N) is 1. The van der Waals surface area contributed by atoms with Crippen LogP contribution in [-0.2, 0) is 6.42 Å². The quantitative estimate of drug-likeness (QED) is 0.919. The third-order valence-electron chi connectivity index (χ3n) is 3.02. The van der Waals surface area contributed by atoms with Crippen LogP contribution >= 0.6 is 0 Å². The fraction of sp³-hybridized carbons (Fsp3) is 0.267. The number of halogens is 1. The van der Waals surface area contributed by atoms with E-state index in [1.54, 1.807) is 24.4 Å². The summed E-state index contributed by atoms with van der Waals surface area (Å²) in [6.07, 6.45) is 2.10. The van der Waals surface area contributed by atoms with Crippen molar-refractivity contribution in [2.45, 2.75) is 19.4 Å². The first kappa shape index (κ1) is 13.5. The maximum atomic E-state index is 14.0. The molecule has 0 saturated carbocycles. The highest BCUT2D eigenvalue weighted by Crippen LogP contribution is 2.23. The first-order valence-corrected chi connectivity index (χ1v) is 6.11. The van der Waals surface area contributed by atoms with E-state index in [2.05, 4.69) is 4.98 Å². The molecule has 0 saturated heterocycles. The highest BCUT2D eigenvalue weighted by molar-refractivity contribution is 5.32. The van der Waals surface area contributed by atoms with Crippen LogP contribution in [0.3, 0.4) is 0 Å². The number of aryl methyl sites for hydroxylation is 1. The smallest absolute Gasteiger partial charge is 0.168 e. The SMILES string of the molecule is COc1cccc(CC(N)c2cc(C)ccn2)c1F. The van der Waals surface area contributed by atoms with Gasteiger partial charge in [-0.3, -0.25) is 4.98 Å². The molecular formula is C15H17FN2O. The largest absolute Gasteiger partial charge is 0.494 e. The third kappa shape index (κ3) is 3.09. The lowest BCUT2D eigenvalue weighted by atomic mass is 10.0. The summed E-state index contributed by atoms with van der Waals surface area (Å²) < 4.78 is 19.0. The normalized spacial score (nSPS) is 12.2. The minimum Gasteiger partial charge on any atom is -0.494 e. The highest BCUT2D eigenvalue weighted by atomic mass is 19.1. The van der Waals surface area contributed by atoms with Gasteiger partial charge in [0, 0.05) is 6.20 Å². The lowest BCUT2D eigenvalue weighted by Crippen LogP contribution is -2.16. The molecular weight excluding hydrogens is 243 g/mol. The van der Waals surface area contributed by atoms with Crippen LogP contribution in [0, 0.1) is 12.7 Å². The van der Waals surface area contributed by atoms with Crippen LogP contribution in [0.2, 0.25) is 0 Å². The summed E-state index contributed by atoms with van der Waals surface area (Å²) in [7, 11) is 1.45. The van der Waals surface area contributed by atoms with Gasteiger partial charge in [0.25, 0.3) is 0 Å². The minimum absolute atomic E-state index is 0.238. The van der Waals surface area contributed by atoms with Crippen molar-refractivity contribution >= 4 is 0 Å². The number of rotatable bonds is 4. The van der Waals surface area contributed by atoms with Crippen LogP contribution in [0.1, 0.15) is 22.9 Å². The monoisotopic (exact) mass is 260 g/mol. The van der Waals surface area contributed by atoms with Crippen LogP contribution in [0.15, 0.2) is 36.5 Å². The summed E-state index contributed by atoms with van der Waals surface area (Å²) in [6.45, 7) is 1.98. The van der Waals surface area contributed by atoms with Gasteiger partial charge < -0.3 is 10.5 Å². The number of benzene rings is 1. The number of aromatic nitrogens is 1. The molecule has 3 nitrogen and oxygen atoms in total. The van der Waals surface area contributed by atoms with E-state index < -0.39 is 0 Å². The van der Waals surface area contributed by atoms with Gasteiger partial charge in [-0.05, 0) is 42.7 Å². The topological polar surface area (TPSA) is 48.1 Å². The molecule has 100 valence electrons. The van der Waals surface area contributed by atoms with Crippen molar-refractivity contribution in [2.75, 3.05) is 7.11 Å². The van der Waals surface area contributed by atoms with Crippen molar-refractivity contribution in [3.63, 3.8) is 0 Å². The molecule has 2 rings (SSSR count). The molecule has 1 unspecified atom stereocenters. The van der Waals surface area contributed by atoms with Crippen LogP contribution in [0.5, 0.6) is 5.75 Å². The predicted molar refractivity (Wildman–Crippen MR) is 72.6 cm³/mol. The second kappa shape index (κ2) is 5.80. The molecule has 1 aromatic heterocycles. The van der Waals surface area contributed by atoms with Crippen LogP contribution < -0.4 is 10.5 Å². The summed E-state index contributed by atoms with van der Waals surface area (Å²) in [5, 5.41) is 0. The Kier molecular flexibility index (Phi) is 4.12. The average Bonchev–Trinajstić information content (AvgIpc) is 2.41. The first-order chi connectivity index (χ1) is 9.11. The molecule has 1 aromatic carbocycles. The Morgan fingerprint density at radius 3 is 2.84 bits per heavy atom. The molecule has 2 N–H and O–H groups in total. The molecule has 4 heteroatoms. The van der Waals surface area contributed by atoms with E-state index in [1.165, 1.54) is 7.11 Å². The van der Waals surface area contributed by atoms with Gasteiger partial charge in [0.15, 0.2) is 11.6 Å². The van der Waals surface area contributed by atoms with E-state index in [0.717, 1.165) is 11.3 Å². The van der Waals surface area contributed by atoms with E-state index in [9.17, 15) is 4.39 Å². The van der Waals surface area contributed by atoms with Gasteiger partial charge in [-0.25, -0.2) is 4.39 Å². The Morgan fingerprint density at radius 1 is 1.37 bits per heavy atom. The molecule has 1 heterocycles. The number of hydrogen-bond donors (Lipinski definition) is 1. The average molecular weight is 260 g/mol. The van der Waals surface area contributed by atoms with Gasteiger partial charge in [-0.2, -0.15) is 0 Å². The molecule has 0 amide bonds. The number of methoxy groups -OCH3 is 1. The maximum absolute atomic E-state index is 14.0. The van der Waals surface area contributed by atoms with Crippen LogP contribution in [0.25, 0.3) is 0 Å². The van der Waals surface area contributed by atoms with Gasteiger partial charge >= 0.3 is 0 Å². The Labute approximate surface area is 112 Å². The molecule has 19 heavy (non-hydrogen) atoms. The zero-order valence-electron chi connectivity index (χ0n) is 11.1. The zero-order valence-corrected chi connectivity index (χ0v) is 11.1. The Morgan fingerprint density at radius 2 is 2.16 bits per heavy atom. The maximum Gasteiger partial charge on any atom is 0.168 e. The number of pyridine rings is 1. The van der Waals surface area contributed by atoms with Crippen molar-refractivity contribution in [3.8, 4) is 5.75 Å². The van der Waals surface area contributed by atoms with E-state index in [1.807, 2.05) is 19.1 Å². The fourth-order valence-corrected chi connectivity index (χ4v) is 1.98. The van der Waals surface area contributed by atoms with Gasteiger partial charge in [0.2, 0.25) is 0 Å². The summed E-state index contributed by atoms with van der Waals surface area (Å²) >= 11 is 0. The molecule has 0 aliphatic heterocycles. The third-order valence-corrected chi connectivity index (χ3v) is 3.02. The van der Waals surface area contributed by atoms with E-state index in [-0.39, 0.29) is 17.6 Å². The van der Waals surface area contributed by atoms with Gasteiger partial charge in [0.1, 0.15) is 0 Å². The van der Waals surface area contributed by atoms with Crippen LogP contribution in [0.4, 0.5) is 4.39 Å². The molecule has 0 fully saturated rings. The Bertz CT molecular complexity index is 572. The van der Waals surface area contributed by atoms with Crippen LogP contribution in [-0.4, -0.2) is 12.1 Å². The van der Waals surface area contributed by atoms with Crippen molar-refractivity contribution in [1.82, 2.24) is 4.98 Å². The van der Waals surface area contributed by atoms with Gasteiger partial charge in [0.05, 0.1) is 18.8 Å². The number of nitrogens with two attached hydrogens (primary N) is 1. The Hall–Kier alpha value is -1.94. The van der Waals surface area contributed by atoms with E-state index >= 15 is 0 Å². The lowest BCUT2D eigenvalue weighted by molar-refractivity contribution is 0.383. The molecule has 0 aliphatic carbocycles. The zero-order chi connectivity index (χ0) is 13.8. The standard InChI is InChI=1S/C15H17FN2O/c1-10-6-7-18-13(8-10)12(17)9-11-4-3-5-14(19-2)15(11)16/h3-8,12H,9,17H2,1-2H3. The molecule has 0 aliphatic rings. The first-order valence-electron chi connectivity index (χ1n) is 6.11. The van der Waals surface area contributed by atoms with Gasteiger partial charge in [-0.1, -0.05) is 12.1 Å². The number of ether oxygens (including phenoxy) is 1. The molecule has 1 atom stereocenters. The molecule has 2 aromatic rings. The van der Waals surface area contributed by atoms with E-state index in [0.29, 0.717) is 12.0 Å². The lowest BCUT2D eigenvalue weighted by Gasteiger charge is -2.13.